The molecule has 0 atom stereocenters. The summed E-state index contributed by atoms with van der Waals surface area (Å²) < 4.78 is 20.6. The second-order valence-corrected chi connectivity index (χ2v) is 5.55. The summed E-state index contributed by atoms with van der Waals surface area (Å²) in [5, 5.41) is 0. The first-order valence-electron chi connectivity index (χ1n) is 3.54. The second kappa shape index (κ2) is 3.69. The van der Waals surface area contributed by atoms with Crippen molar-refractivity contribution in [1.29, 1.82) is 0 Å². The Morgan fingerprint density at radius 1 is 1.17 bits per heavy atom. The van der Waals surface area contributed by atoms with E-state index in [0.717, 1.165) is 0 Å². The van der Waals surface area contributed by atoms with Gasteiger partial charge in [-0.15, -0.1) is 0 Å². The summed E-state index contributed by atoms with van der Waals surface area (Å²) in [5.74, 6) is 0. The third-order valence-electron chi connectivity index (χ3n) is 1.37. The molecule has 0 unspecified atom stereocenters. The zero-order chi connectivity index (χ0) is 9.99. The molecule has 0 aromatic carbocycles. The zero-order valence-electron chi connectivity index (χ0n) is 8.08. The first-order valence-corrected chi connectivity index (χ1v) is 5.08. The van der Waals surface area contributed by atoms with Gasteiger partial charge in [0.05, 0.1) is 0 Å². The van der Waals surface area contributed by atoms with Crippen LogP contribution in [0.25, 0.3) is 0 Å². The van der Waals surface area contributed by atoms with Gasteiger partial charge in [-0.2, -0.15) is 0 Å². The summed E-state index contributed by atoms with van der Waals surface area (Å²) in [6.45, 7) is 5.00. The van der Waals surface area contributed by atoms with Gasteiger partial charge in [0.1, 0.15) is 0 Å². The molecule has 0 saturated heterocycles. The Hall–Kier alpha value is -0.180. The lowest BCUT2D eigenvalue weighted by Gasteiger charge is -2.21. The molecule has 0 aromatic heterocycles. The minimum atomic E-state index is -3.53. The number of carbonyl (C=O) groups is 1. The molecule has 72 valence electrons. The van der Waals surface area contributed by atoms with Crippen LogP contribution in [-0.4, -0.2) is 19.7 Å². The highest BCUT2D eigenvalue weighted by atomic mass is 31.2. The third-order valence-corrected chi connectivity index (χ3v) is 3.50. The van der Waals surface area contributed by atoms with Gasteiger partial charge >= 0.3 is 7.60 Å². The molecule has 5 heteroatoms. The Morgan fingerprint density at radius 3 is 1.58 bits per heavy atom. The lowest BCUT2D eigenvalue weighted by atomic mass is 10.00. The van der Waals surface area contributed by atoms with E-state index in [1.54, 1.807) is 20.8 Å². The normalized spacial score (nSPS) is 13.1. The first kappa shape index (κ1) is 11.8. The maximum absolute atomic E-state index is 11.5. The molecule has 0 rings (SSSR count). The number of carbonyl (C=O) groups excluding carboxylic acids is 1. The van der Waals surface area contributed by atoms with Crippen molar-refractivity contribution in [3.8, 4) is 0 Å². The van der Waals surface area contributed by atoms with Crippen LogP contribution in [0.15, 0.2) is 0 Å². The molecule has 0 bridgehead atoms. The maximum atomic E-state index is 11.5. The van der Waals surface area contributed by atoms with Crippen LogP contribution in [-0.2, 0) is 18.4 Å². The van der Waals surface area contributed by atoms with Crippen LogP contribution < -0.4 is 0 Å². The molecule has 0 fully saturated rings. The van der Waals surface area contributed by atoms with Crippen LogP contribution in [0, 0.1) is 5.41 Å². The van der Waals surface area contributed by atoms with E-state index in [9.17, 15) is 9.36 Å². The van der Waals surface area contributed by atoms with Crippen molar-refractivity contribution in [3.05, 3.63) is 0 Å². The van der Waals surface area contributed by atoms with E-state index in [2.05, 4.69) is 9.05 Å². The largest absolute Gasteiger partial charge is 0.396 e. The highest BCUT2D eigenvalue weighted by Crippen LogP contribution is 2.52. The van der Waals surface area contributed by atoms with Crippen molar-refractivity contribution in [2.45, 2.75) is 20.8 Å². The van der Waals surface area contributed by atoms with Gasteiger partial charge in [0.25, 0.3) is 0 Å². The van der Waals surface area contributed by atoms with Gasteiger partial charge in [0.2, 0.25) is 5.52 Å². The fraction of sp³-hybridized carbons (Fsp3) is 0.857. The lowest BCUT2D eigenvalue weighted by molar-refractivity contribution is -0.120. The van der Waals surface area contributed by atoms with E-state index in [0.29, 0.717) is 0 Å². The number of hydrogen-bond acceptors (Lipinski definition) is 4. The molecular formula is C7H15O4P. The van der Waals surface area contributed by atoms with Crippen LogP contribution in [0.2, 0.25) is 0 Å². The summed E-state index contributed by atoms with van der Waals surface area (Å²) in [6, 6.07) is 0. The molecule has 0 saturated carbocycles. The van der Waals surface area contributed by atoms with Gasteiger partial charge in [-0.05, 0) is 0 Å². The molecule has 0 heterocycles. The van der Waals surface area contributed by atoms with Crippen molar-refractivity contribution in [2.24, 2.45) is 5.41 Å². The summed E-state index contributed by atoms with van der Waals surface area (Å²) in [6.07, 6.45) is 0. The molecule has 0 spiro atoms. The molecule has 0 aliphatic heterocycles. The summed E-state index contributed by atoms with van der Waals surface area (Å²) in [7, 11) is -1.13. The molecule has 0 aromatic rings. The molecule has 0 N–H and O–H groups in total. The Morgan fingerprint density at radius 2 is 1.50 bits per heavy atom. The Labute approximate surface area is 72.8 Å². The summed E-state index contributed by atoms with van der Waals surface area (Å²) in [5.41, 5.74) is -1.21. The first-order chi connectivity index (χ1) is 5.28. The predicted molar refractivity (Wildman–Crippen MR) is 46.1 cm³/mol. The van der Waals surface area contributed by atoms with Crippen molar-refractivity contribution in [3.63, 3.8) is 0 Å². The van der Waals surface area contributed by atoms with Crippen molar-refractivity contribution < 1.29 is 18.4 Å². The van der Waals surface area contributed by atoms with E-state index in [-0.39, 0.29) is 0 Å². The fourth-order valence-electron chi connectivity index (χ4n) is 0.651. The minimum absolute atomic E-state index is 0.500. The van der Waals surface area contributed by atoms with Crippen molar-refractivity contribution in [2.75, 3.05) is 14.2 Å². The standard InChI is InChI=1S/C7H15O4P/c1-7(2,3)6(8)12(9,10-4)11-5/h1-5H3/i8+1,9+1,10+1,11+1. The van der Waals surface area contributed by atoms with Gasteiger partial charge in [-0.3, -0.25) is 9.36 Å². The monoisotopic (exact) mass is 198 g/mol. The van der Waals surface area contributed by atoms with Gasteiger partial charge in [-0.25, -0.2) is 0 Å². The minimum Gasteiger partial charge on any atom is -0.307 e. The molecule has 12 heavy (non-hydrogen) atoms. The SMILES string of the molecule is C[17O]P(=[17O])([17O]C)C(=[17O])C(C)(C)C. The van der Waals surface area contributed by atoms with Crippen molar-refractivity contribution in [1.82, 2.24) is 0 Å². The molecule has 0 amide bonds. The average Bonchev–Trinajstić information content (AvgIpc) is 2.00. The molecule has 0 radical (unpaired) electrons. The van der Waals surface area contributed by atoms with E-state index in [1.165, 1.54) is 14.2 Å². The summed E-state index contributed by atoms with van der Waals surface area (Å²) in [4.78, 5) is 11.4. The fourth-order valence-corrected chi connectivity index (χ4v) is 1.95. The highest BCUT2D eigenvalue weighted by molar-refractivity contribution is 7.71. The number of hydrogen-bond donors (Lipinski definition) is 0. The predicted octanol–water partition coefficient (Wildman–Crippen LogP) is 2.04. The smallest absolute Gasteiger partial charge is 0.307 e. The Balaban J connectivity index is 4.80. The van der Waals surface area contributed by atoms with E-state index >= 15 is 0 Å². The lowest BCUT2D eigenvalue weighted by Crippen LogP contribution is -2.21. The second-order valence-electron chi connectivity index (χ2n) is 3.42. The molecular weight excluding hydrogens is 183 g/mol. The van der Waals surface area contributed by atoms with E-state index < -0.39 is 18.5 Å². The molecule has 0 aliphatic rings. The average molecular weight is 198 g/mol. The van der Waals surface area contributed by atoms with Gasteiger partial charge in [0, 0.05) is 19.6 Å². The van der Waals surface area contributed by atoms with Crippen LogP contribution in [0.5, 0.6) is 0 Å². The zero-order valence-corrected chi connectivity index (χ0v) is 8.97. The molecule has 0 aliphatic carbocycles. The molecule has 4 nitrogen and oxygen atoms in total. The number of rotatable bonds is 3. The van der Waals surface area contributed by atoms with Gasteiger partial charge in [0.15, 0.2) is 0 Å². The Bertz CT molecular complexity index is 208. The van der Waals surface area contributed by atoms with E-state index in [4.69, 9.17) is 0 Å². The van der Waals surface area contributed by atoms with Crippen molar-refractivity contribution >= 4 is 13.1 Å². The van der Waals surface area contributed by atoms with Crippen LogP contribution in [0.4, 0.5) is 0 Å². The summed E-state index contributed by atoms with van der Waals surface area (Å²) >= 11 is 0. The van der Waals surface area contributed by atoms with Gasteiger partial charge in [-0.1, -0.05) is 20.8 Å². The topological polar surface area (TPSA) is 52.6 Å². The van der Waals surface area contributed by atoms with Crippen LogP contribution >= 0.6 is 7.60 Å². The van der Waals surface area contributed by atoms with Crippen LogP contribution in [0.1, 0.15) is 20.8 Å². The quantitative estimate of drug-likeness (QED) is 0.651. The Kier molecular flexibility index (Phi) is 3.63. The van der Waals surface area contributed by atoms with Crippen LogP contribution in [0.3, 0.4) is 0 Å². The highest BCUT2D eigenvalue weighted by Gasteiger charge is 2.40. The van der Waals surface area contributed by atoms with Gasteiger partial charge < -0.3 is 9.05 Å². The van der Waals surface area contributed by atoms with E-state index in [1.807, 2.05) is 0 Å². The maximum Gasteiger partial charge on any atom is 0.396 e. The third kappa shape index (κ3) is 2.41.